The predicted octanol–water partition coefficient (Wildman–Crippen LogP) is 22.6. The summed E-state index contributed by atoms with van der Waals surface area (Å²) in [5.41, 5.74) is 21.7. The first kappa shape index (κ1) is 61.1. The molecule has 8 heterocycles. The Morgan fingerprint density at radius 2 is 0.537 bits per heavy atom. The zero-order valence-electron chi connectivity index (χ0n) is 58.1. The van der Waals surface area contributed by atoms with Gasteiger partial charge in [0.05, 0.1) is 44.5 Å². The summed E-state index contributed by atoms with van der Waals surface area (Å²) in [5.74, 6) is 5.25. The second-order valence-corrected chi connectivity index (χ2v) is 27.9. The van der Waals surface area contributed by atoms with E-state index in [1.54, 1.807) is 0 Å². The molecule has 23 rings (SSSR count). The highest BCUT2D eigenvalue weighted by atomic mass is 16.5. The molecule has 2 aliphatic carbocycles. The van der Waals surface area contributed by atoms with Crippen LogP contribution in [0.4, 0.5) is 0 Å². The summed E-state index contributed by atoms with van der Waals surface area (Å²) in [6, 6.07) is 114. The number of nitrogens with zero attached hydrogens (tertiary/aromatic N) is 10. The molecule has 0 saturated carbocycles. The van der Waals surface area contributed by atoms with Crippen molar-refractivity contribution in [2.75, 3.05) is 0 Å². The quantitative estimate of drug-likeness (QED) is 0.140. The molecular weight excluding hydrogens is 1330 g/mol. The Labute approximate surface area is 620 Å². The van der Waals surface area contributed by atoms with Crippen molar-refractivity contribution in [1.82, 2.24) is 48.2 Å². The van der Waals surface area contributed by atoms with Gasteiger partial charge in [-0.2, -0.15) is 19.9 Å². The number of rotatable bonds is 9. The topological polar surface area (TPSA) is 116 Å². The fraction of sp³-hybridized carbons (Fsp3) is 0.0417. The maximum absolute atomic E-state index is 7.00. The van der Waals surface area contributed by atoms with Crippen molar-refractivity contribution in [3.63, 3.8) is 0 Å². The van der Waals surface area contributed by atoms with Gasteiger partial charge in [-0.05, 0) is 96.1 Å². The molecule has 108 heavy (non-hydrogen) atoms. The molecule has 4 atom stereocenters. The van der Waals surface area contributed by atoms with Gasteiger partial charge in [-0.25, -0.2) is 9.97 Å². The summed E-state index contributed by atoms with van der Waals surface area (Å²) < 4.78 is 23.0. The number of para-hydroxylation sites is 8. The molecule has 4 unspecified atom stereocenters. The van der Waals surface area contributed by atoms with Gasteiger partial charge in [0.2, 0.25) is 11.9 Å². The number of aromatic nitrogens is 10. The minimum Gasteiger partial charge on any atom is -0.484 e. The van der Waals surface area contributed by atoms with Crippen LogP contribution in [-0.2, 0) is 0 Å². The summed E-state index contributed by atoms with van der Waals surface area (Å²) in [6.45, 7) is 0. The lowest BCUT2D eigenvalue weighted by Gasteiger charge is -2.22. The second-order valence-electron chi connectivity index (χ2n) is 27.9. The van der Waals surface area contributed by atoms with Crippen LogP contribution in [0.3, 0.4) is 0 Å². The third-order valence-electron chi connectivity index (χ3n) is 22.0. The van der Waals surface area contributed by atoms with E-state index in [1.165, 1.54) is 27.4 Å². The first-order valence-corrected chi connectivity index (χ1v) is 36.6. The highest BCUT2D eigenvalue weighted by Crippen LogP contribution is 2.57. The van der Waals surface area contributed by atoms with E-state index in [9.17, 15) is 0 Å². The van der Waals surface area contributed by atoms with Crippen LogP contribution in [0.25, 0.3) is 158 Å². The average molecular weight is 1390 g/mol. The lowest BCUT2D eigenvalue weighted by atomic mass is 9.83. The van der Waals surface area contributed by atoms with Gasteiger partial charge in [-0.3, -0.25) is 9.13 Å². The maximum Gasteiger partial charge on any atom is 0.238 e. The van der Waals surface area contributed by atoms with Crippen molar-refractivity contribution in [1.29, 1.82) is 0 Å². The van der Waals surface area contributed by atoms with E-state index in [0.29, 0.717) is 35.2 Å². The first-order valence-electron chi connectivity index (χ1n) is 36.6. The van der Waals surface area contributed by atoms with Crippen LogP contribution in [0.1, 0.15) is 57.7 Å². The number of fused-ring (bicyclic) bond motifs is 20. The number of benzene rings is 13. The van der Waals surface area contributed by atoms with Crippen molar-refractivity contribution in [3.05, 3.63) is 373 Å². The molecule has 0 N–H and O–H groups in total. The zero-order valence-corrected chi connectivity index (χ0v) is 58.1. The number of hydrogen-bond donors (Lipinski definition) is 0. The van der Waals surface area contributed by atoms with E-state index in [0.717, 1.165) is 128 Å². The molecule has 0 fully saturated rings. The molecule has 12 nitrogen and oxygen atoms in total. The predicted molar refractivity (Wildman–Crippen MR) is 432 cm³/mol. The zero-order chi connectivity index (χ0) is 70.9. The summed E-state index contributed by atoms with van der Waals surface area (Å²) in [4.78, 5) is 31.5. The molecule has 6 aromatic heterocycles. The molecule has 12 heteroatoms. The highest BCUT2D eigenvalue weighted by Gasteiger charge is 2.44. The molecule has 0 saturated heterocycles. The first-order chi connectivity index (χ1) is 53.6. The van der Waals surface area contributed by atoms with Gasteiger partial charge in [0.15, 0.2) is 23.3 Å². The Morgan fingerprint density at radius 1 is 0.231 bits per heavy atom. The van der Waals surface area contributed by atoms with Gasteiger partial charge in [-0.1, -0.05) is 267 Å². The van der Waals surface area contributed by atoms with Crippen molar-refractivity contribution in [2.24, 2.45) is 0 Å². The van der Waals surface area contributed by atoms with Gasteiger partial charge in [0.1, 0.15) is 23.7 Å². The lowest BCUT2D eigenvalue weighted by molar-refractivity contribution is 0.224. The van der Waals surface area contributed by atoms with Gasteiger partial charge in [0, 0.05) is 100 Å². The van der Waals surface area contributed by atoms with E-state index in [1.807, 2.05) is 24.3 Å². The van der Waals surface area contributed by atoms with Crippen molar-refractivity contribution < 1.29 is 9.47 Å². The molecule has 0 bridgehead atoms. The fourth-order valence-electron chi connectivity index (χ4n) is 17.3. The average Bonchev–Trinajstić information content (AvgIpc) is 1.57. The highest BCUT2D eigenvalue weighted by molar-refractivity contribution is 6.10. The van der Waals surface area contributed by atoms with Gasteiger partial charge < -0.3 is 18.6 Å². The third kappa shape index (κ3) is 9.63. The van der Waals surface area contributed by atoms with Gasteiger partial charge in [-0.15, -0.1) is 0 Å². The van der Waals surface area contributed by atoms with Gasteiger partial charge in [0.25, 0.3) is 0 Å². The molecule has 0 radical (unpaired) electrons. The molecule has 4 aliphatic rings. The minimum atomic E-state index is -0.209. The summed E-state index contributed by atoms with van der Waals surface area (Å²) >= 11 is 0. The molecule has 0 amide bonds. The van der Waals surface area contributed by atoms with Crippen LogP contribution in [0.15, 0.2) is 340 Å². The van der Waals surface area contributed by atoms with Crippen molar-refractivity contribution in [2.45, 2.75) is 24.0 Å². The standard InChI is InChI=1S/C51H33N5O.C45H29N5O/c1-3-14-32(15-4-1)33-26-28-34(29-27-33)49-52-50(54-51(53-49)56-41-22-10-7-18-36(41)37-19-8-11-23-42(37)56)40-21-13-25-45-46(40)39-30-31-44-47(48(39)57-45)38-20-9-12-24-43(38)55(44)35-16-5-2-6-17-35;1-3-14-28(15-4-1)43-46-44(48-45(47-43)50-35-22-10-7-18-30(35)31-19-8-11-23-36(31)50)34-21-13-25-39-40(34)33-26-27-38-41(42(33)51-39)32-20-9-12-24-37(32)49(38)29-16-5-2-6-17-29/h1-31,39,48H;1-27,33,42H. The molecular formula is C96H62N10O2. The largest absolute Gasteiger partial charge is 0.484 e. The molecule has 0 spiro atoms. The second kappa shape index (κ2) is 24.7. The van der Waals surface area contributed by atoms with Crippen LogP contribution in [0.5, 0.6) is 11.5 Å². The van der Waals surface area contributed by atoms with E-state index < -0.39 is 0 Å². The Hall–Kier alpha value is -14.4. The van der Waals surface area contributed by atoms with E-state index in [4.69, 9.17) is 39.4 Å². The van der Waals surface area contributed by atoms with Crippen LogP contribution in [0, 0.1) is 0 Å². The minimum absolute atomic E-state index is 0.0210. The third-order valence-corrected chi connectivity index (χ3v) is 22.0. The Balaban J connectivity index is 0.000000135. The summed E-state index contributed by atoms with van der Waals surface area (Å²) in [6.07, 6.45) is 8.75. The summed E-state index contributed by atoms with van der Waals surface area (Å²) in [7, 11) is 0. The Kier molecular flexibility index (Phi) is 14.0. The van der Waals surface area contributed by atoms with Crippen LogP contribution in [0.2, 0.25) is 0 Å². The van der Waals surface area contributed by atoms with E-state index >= 15 is 0 Å². The Morgan fingerprint density at radius 3 is 0.935 bits per heavy atom. The smallest absolute Gasteiger partial charge is 0.238 e. The SMILES string of the molecule is C1=CC2c3c(cccc3-c3nc(-c4ccc(-c5ccccc5)cc4)nc(-n4c5ccccc5c5ccccc54)n3)OC2c2c1n(-c1ccccc1)c1ccccc21.C1=CC2c3c(cccc3-c3nc(-c4ccccc4)nc(-n4c5ccccc5c5ccccc54)n3)OC2c2c1n(-c1ccccc1)c1ccccc21. The van der Waals surface area contributed by atoms with E-state index in [2.05, 4.69) is 346 Å². The van der Waals surface area contributed by atoms with E-state index in [-0.39, 0.29) is 24.0 Å². The van der Waals surface area contributed by atoms with Crippen LogP contribution < -0.4 is 9.47 Å². The molecule has 19 aromatic rings. The van der Waals surface area contributed by atoms with Crippen molar-refractivity contribution >= 4 is 77.6 Å². The normalized spacial score (nSPS) is 15.7. The Bertz CT molecular complexity index is 6790. The molecule has 508 valence electrons. The maximum atomic E-state index is 7.00. The number of hydrogen-bond acceptors (Lipinski definition) is 8. The summed E-state index contributed by atoms with van der Waals surface area (Å²) in [5, 5.41) is 7.01. The van der Waals surface area contributed by atoms with Crippen LogP contribution >= 0.6 is 0 Å². The van der Waals surface area contributed by atoms with Crippen LogP contribution in [-0.4, -0.2) is 48.2 Å². The molecule has 2 aliphatic heterocycles. The number of ether oxygens (including phenoxy) is 2. The lowest BCUT2D eigenvalue weighted by Crippen LogP contribution is -2.14. The van der Waals surface area contributed by atoms with Gasteiger partial charge >= 0.3 is 0 Å². The van der Waals surface area contributed by atoms with Crippen molar-refractivity contribution in [3.8, 4) is 91.4 Å². The fourth-order valence-corrected chi connectivity index (χ4v) is 17.3. The molecule has 13 aromatic carbocycles. The monoisotopic (exact) mass is 1390 g/mol.